The Morgan fingerprint density at radius 2 is 1.95 bits per heavy atom. The van der Waals surface area contributed by atoms with Gasteiger partial charge in [-0.25, -0.2) is 5.84 Å². The highest BCUT2D eigenvalue weighted by Gasteiger charge is 2.18. The molecule has 21 heavy (non-hydrogen) atoms. The molecule has 1 aromatic heterocycles. The van der Waals surface area contributed by atoms with Gasteiger partial charge in [0.25, 0.3) is 5.91 Å². The number of nitrogens with zero attached hydrogens (tertiary/aromatic N) is 1. The summed E-state index contributed by atoms with van der Waals surface area (Å²) in [6, 6.07) is 9.61. The lowest BCUT2D eigenvalue weighted by molar-refractivity contribution is 0.0953. The van der Waals surface area contributed by atoms with Gasteiger partial charge in [-0.2, -0.15) is 0 Å². The number of hydrogen-bond acceptors (Lipinski definition) is 3. The normalized spacial score (nSPS) is 10.8. The molecule has 1 heterocycles. The van der Waals surface area contributed by atoms with Crippen molar-refractivity contribution in [2.45, 2.75) is 33.8 Å². The van der Waals surface area contributed by atoms with Crippen molar-refractivity contribution in [2.75, 3.05) is 0 Å². The van der Waals surface area contributed by atoms with Crippen LogP contribution in [-0.4, -0.2) is 16.6 Å². The predicted molar refractivity (Wildman–Crippen MR) is 82.7 cm³/mol. The standard InChI is InChI=1S/C16H21N3O2/c1-10(2)21-15-8-6-5-7-14(15)19-11(3)9-13(12(19)4)16(20)18-17/h5-10H,17H2,1-4H3,(H,18,20). The number of nitrogens with one attached hydrogen (secondary N) is 1. The minimum atomic E-state index is -0.295. The number of para-hydroxylation sites is 2. The third kappa shape index (κ3) is 2.92. The SMILES string of the molecule is Cc1cc(C(=O)NN)c(C)n1-c1ccccc1OC(C)C. The van der Waals surface area contributed by atoms with Gasteiger partial charge in [-0.05, 0) is 45.9 Å². The van der Waals surface area contributed by atoms with Crippen molar-refractivity contribution < 1.29 is 9.53 Å². The second kappa shape index (κ2) is 6.01. The molecule has 0 fully saturated rings. The third-order valence-corrected chi connectivity index (χ3v) is 3.28. The predicted octanol–water partition coefficient (Wildman–Crippen LogP) is 2.48. The lowest BCUT2D eigenvalue weighted by Gasteiger charge is -2.17. The number of nitrogens with two attached hydrogens (primary N) is 1. The van der Waals surface area contributed by atoms with Gasteiger partial charge in [-0.15, -0.1) is 0 Å². The zero-order chi connectivity index (χ0) is 15.6. The van der Waals surface area contributed by atoms with Crippen molar-refractivity contribution in [2.24, 2.45) is 5.84 Å². The topological polar surface area (TPSA) is 69.3 Å². The Kier molecular flexibility index (Phi) is 4.33. The molecule has 0 aliphatic rings. The number of carbonyl (C=O) groups is 1. The highest BCUT2D eigenvalue weighted by Crippen LogP contribution is 2.28. The van der Waals surface area contributed by atoms with E-state index in [0.29, 0.717) is 5.56 Å². The van der Waals surface area contributed by atoms with E-state index in [1.807, 2.05) is 62.6 Å². The summed E-state index contributed by atoms with van der Waals surface area (Å²) in [6.45, 7) is 7.81. The van der Waals surface area contributed by atoms with Crippen LogP contribution in [0.25, 0.3) is 5.69 Å². The Morgan fingerprint density at radius 3 is 2.57 bits per heavy atom. The van der Waals surface area contributed by atoms with E-state index < -0.39 is 0 Å². The van der Waals surface area contributed by atoms with Gasteiger partial charge in [0.2, 0.25) is 0 Å². The highest BCUT2D eigenvalue weighted by atomic mass is 16.5. The fraction of sp³-hybridized carbons (Fsp3) is 0.312. The molecule has 0 radical (unpaired) electrons. The van der Waals surface area contributed by atoms with Crippen molar-refractivity contribution in [3.8, 4) is 11.4 Å². The van der Waals surface area contributed by atoms with Crippen LogP contribution in [0, 0.1) is 13.8 Å². The number of ether oxygens (including phenoxy) is 1. The van der Waals surface area contributed by atoms with E-state index in [-0.39, 0.29) is 12.0 Å². The first-order chi connectivity index (χ1) is 9.95. The van der Waals surface area contributed by atoms with Crippen LogP contribution in [0.15, 0.2) is 30.3 Å². The second-order valence-corrected chi connectivity index (χ2v) is 5.23. The maximum Gasteiger partial charge on any atom is 0.267 e. The first-order valence-corrected chi connectivity index (χ1v) is 6.91. The van der Waals surface area contributed by atoms with Gasteiger partial charge in [0.05, 0.1) is 17.4 Å². The molecular weight excluding hydrogens is 266 g/mol. The lowest BCUT2D eigenvalue weighted by atomic mass is 10.2. The molecule has 0 saturated heterocycles. The number of hydrazine groups is 1. The van der Waals surface area contributed by atoms with E-state index in [4.69, 9.17) is 10.6 Å². The molecular formula is C16H21N3O2. The van der Waals surface area contributed by atoms with Gasteiger partial charge in [-0.1, -0.05) is 12.1 Å². The zero-order valence-corrected chi connectivity index (χ0v) is 12.8. The molecule has 0 atom stereocenters. The monoisotopic (exact) mass is 287 g/mol. The fourth-order valence-corrected chi connectivity index (χ4v) is 2.44. The molecule has 0 aliphatic carbocycles. The molecule has 3 N–H and O–H groups in total. The van der Waals surface area contributed by atoms with E-state index in [0.717, 1.165) is 22.8 Å². The fourth-order valence-electron chi connectivity index (χ4n) is 2.44. The number of carbonyl (C=O) groups excluding carboxylic acids is 1. The molecule has 112 valence electrons. The van der Waals surface area contributed by atoms with Crippen molar-refractivity contribution in [3.05, 3.63) is 47.3 Å². The number of hydrogen-bond donors (Lipinski definition) is 2. The van der Waals surface area contributed by atoms with Crippen LogP contribution in [0.5, 0.6) is 5.75 Å². The summed E-state index contributed by atoms with van der Waals surface area (Å²) < 4.78 is 7.86. The van der Waals surface area contributed by atoms with E-state index in [1.165, 1.54) is 0 Å². The number of aryl methyl sites for hydroxylation is 1. The smallest absolute Gasteiger partial charge is 0.267 e. The van der Waals surface area contributed by atoms with Crippen LogP contribution in [-0.2, 0) is 0 Å². The Bertz CT molecular complexity index is 660. The summed E-state index contributed by atoms with van der Waals surface area (Å²) in [7, 11) is 0. The molecule has 5 heteroatoms. The average Bonchev–Trinajstić information content (AvgIpc) is 2.73. The first-order valence-electron chi connectivity index (χ1n) is 6.91. The van der Waals surface area contributed by atoms with Gasteiger partial charge in [0, 0.05) is 11.4 Å². The van der Waals surface area contributed by atoms with Gasteiger partial charge in [-0.3, -0.25) is 10.2 Å². The number of amides is 1. The maximum atomic E-state index is 11.8. The summed E-state index contributed by atoms with van der Waals surface area (Å²) in [5.41, 5.74) is 5.43. The molecule has 1 amide bonds. The average molecular weight is 287 g/mol. The van der Waals surface area contributed by atoms with Crippen LogP contribution in [0.1, 0.15) is 35.6 Å². The Labute approximate surface area is 124 Å². The number of benzene rings is 1. The van der Waals surface area contributed by atoms with Gasteiger partial charge in [0.15, 0.2) is 0 Å². The molecule has 0 unspecified atom stereocenters. The van der Waals surface area contributed by atoms with Crippen LogP contribution in [0.4, 0.5) is 0 Å². The van der Waals surface area contributed by atoms with Crippen molar-refractivity contribution in [3.63, 3.8) is 0 Å². The largest absolute Gasteiger partial charge is 0.489 e. The quantitative estimate of drug-likeness (QED) is 0.515. The lowest BCUT2D eigenvalue weighted by Crippen LogP contribution is -2.30. The minimum Gasteiger partial charge on any atom is -0.489 e. The summed E-state index contributed by atoms with van der Waals surface area (Å²) in [6.07, 6.45) is 0.0779. The molecule has 1 aromatic carbocycles. The molecule has 0 saturated carbocycles. The third-order valence-electron chi connectivity index (χ3n) is 3.28. The molecule has 0 spiro atoms. The summed E-state index contributed by atoms with van der Waals surface area (Å²) in [4.78, 5) is 11.8. The van der Waals surface area contributed by atoms with E-state index >= 15 is 0 Å². The summed E-state index contributed by atoms with van der Waals surface area (Å²) in [5, 5.41) is 0. The number of nitrogen functional groups attached to an aromatic ring is 1. The number of aromatic nitrogens is 1. The minimum absolute atomic E-state index is 0.0779. The van der Waals surface area contributed by atoms with E-state index in [9.17, 15) is 4.79 Å². The van der Waals surface area contributed by atoms with Crippen LogP contribution in [0.2, 0.25) is 0 Å². The Balaban J connectivity index is 2.57. The van der Waals surface area contributed by atoms with Crippen LogP contribution < -0.4 is 16.0 Å². The Morgan fingerprint density at radius 1 is 1.29 bits per heavy atom. The van der Waals surface area contributed by atoms with Gasteiger partial charge in [0.1, 0.15) is 5.75 Å². The summed E-state index contributed by atoms with van der Waals surface area (Å²) in [5.74, 6) is 5.72. The van der Waals surface area contributed by atoms with E-state index in [2.05, 4.69) is 5.43 Å². The molecule has 0 aliphatic heterocycles. The number of rotatable bonds is 4. The summed E-state index contributed by atoms with van der Waals surface area (Å²) >= 11 is 0. The zero-order valence-electron chi connectivity index (χ0n) is 12.8. The van der Waals surface area contributed by atoms with Gasteiger partial charge >= 0.3 is 0 Å². The van der Waals surface area contributed by atoms with Crippen LogP contribution >= 0.6 is 0 Å². The van der Waals surface area contributed by atoms with Crippen molar-refractivity contribution >= 4 is 5.91 Å². The maximum absolute atomic E-state index is 11.8. The molecule has 2 rings (SSSR count). The van der Waals surface area contributed by atoms with Crippen molar-refractivity contribution in [1.29, 1.82) is 0 Å². The second-order valence-electron chi connectivity index (χ2n) is 5.23. The highest BCUT2D eigenvalue weighted by molar-refractivity contribution is 5.95. The van der Waals surface area contributed by atoms with E-state index in [1.54, 1.807) is 0 Å². The van der Waals surface area contributed by atoms with Crippen molar-refractivity contribution in [1.82, 2.24) is 9.99 Å². The van der Waals surface area contributed by atoms with Crippen LogP contribution in [0.3, 0.4) is 0 Å². The van der Waals surface area contributed by atoms with Gasteiger partial charge < -0.3 is 9.30 Å². The molecule has 0 bridgehead atoms. The first kappa shape index (κ1) is 15.1. The molecule has 5 nitrogen and oxygen atoms in total. The molecule has 2 aromatic rings. The Hall–Kier alpha value is -2.27.